The quantitative estimate of drug-likeness (QED) is 0.453. The van der Waals surface area contributed by atoms with Crippen molar-refractivity contribution < 1.29 is 33.4 Å². The van der Waals surface area contributed by atoms with Gasteiger partial charge in [0.25, 0.3) is 5.91 Å². The van der Waals surface area contributed by atoms with Gasteiger partial charge in [0, 0.05) is 17.8 Å². The minimum atomic E-state index is -0.666. The van der Waals surface area contributed by atoms with Crippen LogP contribution in [0.15, 0.2) is 48.5 Å². The summed E-state index contributed by atoms with van der Waals surface area (Å²) in [7, 11) is 0. The first-order valence-electron chi connectivity index (χ1n) is 11.0. The lowest BCUT2D eigenvalue weighted by atomic mass is 10.2. The minimum Gasteiger partial charge on any atom is -0.494 e. The second-order valence-corrected chi connectivity index (χ2v) is 7.78. The predicted molar refractivity (Wildman–Crippen MR) is 127 cm³/mol. The molecule has 0 fully saturated rings. The standard InChI is InChI=1S/C25H30N2O7/c1-4-32-21-11-9-20(10-12-21)27-23(29)16-33-24(30)14-13-22(28)26-19-7-5-18(6-8-19)25(31)34-15-17(2)3/h5-12,17H,4,13-16H2,1-3H3,(H,26,28)(H,27,29). The number of hydrogen-bond acceptors (Lipinski definition) is 7. The van der Waals surface area contributed by atoms with Gasteiger partial charge in [0.05, 0.1) is 25.2 Å². The molecule has 0 aliphatic carbocycles. The summed E-state index contributed by atoms with van der Waals surface area (Å²) < 4.78 is 15.4. The highest BCUT2D eigenvalue weighted by molar-refractivity contribution is 5.95. The van der Waals surface area contributed by atoms with Gasteiger partial charge in [0.1, 0.15) is 5.75 Å². The van der Waals surface area contributed by atoms with E-state index < -0.39 is 30.4 Å². The van der Waals surface area contributed by atoms with E-state index in [0.29, 0.717) is 35.9 Å². The van der Waals surface area contributed by atoms with Crippen molar-refractivity contribution >= 4 is 35.1 Å². The molecule has 0 aliphatic heterocycles. The molecule has 0 saturated heterocycles. The van der Waals surface area contributed by atoms with Crippen molar-refractivity contribution in [1.29, 1.82) is 0 Å². The lowest BCUT2D eigenvalue weighted by Gasteiger charge is -2.09. The number of benzene rings is 2. The molecule has 0 unspecified atom stereocenters. The third-order valence-corrected chi connectivity index (χ3v) is 4.32. The highest BCUT2D eigenvalue weighted by atomic mass is 16.5. The van der Waals surface area contributed by atoms with Crippen LogP contribution in [0.5, 0.6) is 5.75 Å². The van der Waals surface area contributed by atoms with Crippen LogP contribution in [0.2, 0.25) is 0 Å². The molecule has 2 N–H and O–H groups in total. The molecule has 9 nitrogen and oxygen atoms in total. The zero-order chi connectivity index (χ0) is 24.9. The van der Waals surface area contributed by atoms with Crippen LogP contribution < -0.4 is 15.4 Å². The van der Waals surface area contributed by atoms with Crippen LogP contribution >= 0.6 is 0 Å². The lowest BCUT2D eigenvalue weighted by molar-refractivity contribution is -0.147. The number of amides is 2. The Morgan fingerprint density at radius 3 is 1.97 bits per heavy atom. The zero-order valence-electron chi connectivity index (χ0n) is 19.6. The summed E-state index contributed by atoms with van der Waals surface area (Å²) in [5.74, 6) is -1.06. The second-order valence-electron chi connectivity index (χ2n) is 7.78. The molecule has 0 aromatic heterocycles. The fourth-order valence-electron chi connectivity index (χ4n) is 2.67. The minimum absolute atomic E-state index is 0.114. The maximum absolute atomic E-state index is 12.1. The summed E-state index contributed by atoms with van der Waals surface area (Å²) in [6.45, 7) is 6.18. The Balaban J connectivity index is 1.67. The van der Waals surface area contributed by atoms with Gasteiger partial charge < -0.3 is 24.8 Å². The highest BCUT2D eigenvalue weighted by Crippen LogP contribution is 2.15. The maximum Gasteiger partial charge on any atom is 0.338 e. The Labute approximate surface area is 198 Å². The normalized spacial score (nSPS) is 10.4. The predicted octanol–water partition coefficient (Wildman–Crippen LogP) is 3.80. The third-order valence-electron chi connectivity index (χ3n) is 4.32. The van der Waals surface area contributed by atoms with Gasteiger partial charge in [-0.15, -0.1) is 0 Å². The van der Waals surface area contributed by atoms with Crippen LogP contribution in [0, 0.1) is 5.92 Å². The average Bonchev–Trinajstić information content (AvgIpc) is 2.81. The first-order chi connectivity index (χ1) is 16.3. The molecule has 0 radical (unpaired) electrons. The molecule has 34 heavy (non-hydrogen) atoms. The van der Waals surface area contributed by atoms with Gasteiger partial charge in [-0.2, -0.15) is 0 Å². The maximum atomic E-state index is 12.1. The van der Waals surface area contributed by atoms with Crippen LogP contribution in [0.3, 0.4) is 0 Å². The first kappa shape index (κ1) is 26.4. The molecule has 0 atom stereocenters. The number of rotatable bonds is 12. The summed E-state index contributed by atoms with van der Waals surface area (Å²) in [6, 6.07) is 13.0. The third kappa shape index (κ3) is 9.72. The van der Waals surface area contributed by atoms with E-state index in [2.05, 4.69) is 10.6 Å². The molecule has 2 aromatic rings. The number of esters is 2. The number of anilines is 2. The molecule has 0 spiro atoms. The Morgan fingerprint density at radius 1 is 0.794 bits per heavy atom. The molecule has 0 saturated carbocycles. The van der Waals surface area contributed by atoms with Crippen LogP contribution in [0.4, 0.5) is 11.4 Å². The molecule has 9 heteroatoms. The summed E-state index contributed by atoms with van der Waals surface area (Å²) in [5.41, 5.74) is 1.40. The van der Waals surface area contributed by atoms with Crippen molar-refractivity contribution in [2.24, 2.45) is 5.92 Å². The van der Waals surface area contributed by atoms with Gasteiger partial charge in [-0.3, -0.25) is 14.4 Å². The van der Waals surface area contributed by atoms with Gasteiger partial charge in [-0.05, 0) is 61.4 Å². The number of carbonyl (C=O) groups is 4. The van der Waals surface area contributed by atoms with E-state index in [4.69, 9.17) is 14.2 Å². The van der Waals surface area contributed by atoms with Crippen molar-refractivity contribution in [3.8, 4) is 5.75 Å². The van der Waals surface area contributed by atoms with Crippen LogP contribution in [-0.2, 0) is 23.9 Å². The first-order valence-corrected chi connectivity index (χ1v) is 11.0. The van der Waals surface area contributed by atoms with Crippen molar-refractivity contribution in [2.75, 3.05) is 30.5 Å². The number of ether oxygens (including phenoxy) is 3. The van der Waals surface area contributed by atoms with Gasteiger partial charge in [0.2, 0.25) is 5.91 Å². The van der Waals surface area contributed by atoms with Crippen molar-refractivity contribution in [3.05, 3.63) is 54.1 Å². The van der Waals surface area contributed by atoms with Gasteiger partial charge >= 0.3 is 11.9 Å². The lowest BCUT2D eigenvalue weighted by Crippen LogP contribution is -2.21. The van der Waals surface area contributed by atoms with Crippen molar-refractivity contribution in [1.82, 2.24) is 0 Å². The van der Waals surface area contributed by atoms with E-state index in [1.165, 1.54) is 0 Å². The SMILES string of the molecule is CCOc1ccc(NC(=O)COC(=O)CCC(=O)Nc2ccc(C(=O)OCC(C)C)cc2)cc1. The van der Waals surface area contributed by atoms with Crippen molar-refractivity contribution in [3.63, 3.8) is 0 Å². The molecular weight excluding hydrogens is 440 g/mol. The number of carbonyl (C=O) groups excluding carboxylic acids is 4. The fourth-order valence-corrected chi connectivity index (χ4v) is 2.67. The Kier molecular flexibility index (Phi) is 10.6. The van der Waals surface area contributed by atoms with Gasteiger partial charge in [-0.25, -0.2) is 4.79 Å². The van der Waals surface area contributed by atoms with Crippen LogP contribution in [0.25, 0.3) is 0 Å². The molecule has 2 aromatic carbocycles. The average molecular weight is 471 g/mol. The largest absolute Gasteiger partial charge is 0.494 e. The van der Waals surface area contributed by atoms with E-state index in [0.717, 1.165) is 0 Å². The van der Waals surface area contributed by atoms with E-state index in [1.54, 1.807) is 48.5 Å². The van der Waals surface area contributed by atoms with Gasteiger partial charge in [0.15, 0.2) is 6.61 Å². The molecule has 2 amide bonds. The number of hydrogen-bond donors (Lipinski definition) is 2. The molecular formula is C25H30N2O7. The van der Waals surface area contributed by atoms with E-state index in [1.807, 2.05) is 20.8 Å². The second kappa shape index (κ2) is 13.6. The fraction of sp³-hybridized carbons (Fsp3) is 0.360. The van der Waals surface area contributed by atoms with Gasteiger partial charge in [-0.1, -0.05) is 13.8 Å². The van der Waals surface area contributed by atoms with Crippen molar-refractivity contribution in [2.45, 2.75) is 33.6 Å². The summed E-state index contributed by atoms with van der Waals surface area (Å²) in [5, 5.41) is 5.24. The molecule has 0 heterocycles. The molecule has 0 aliphatic rings. The highest BCUT2D eigenvalue weighted by Gasteiger charge is 2.12. The van der Waals surface area contributed by atoms with Crippen LogP contribution in [0.1, 0.15) is 44.0 Å². The van der Waals surface area contributed by atoms with E-state index in [9.17, 15) is 19.2 Å². The summed E-state index contributed by atoms with van der Waals surface area (Å²) in [6.07, 6.45) is -0.292. The van der Waals surface area contributed by atoms with Crippen LogP contribution in [-0.4, -0.2) is 43.6 Å². The Bertz CT molecular complexity index is 970. The Hall–Kier alpha value is -3.88. The van der Waals surface area contributed by atoms with E-state index in [-0.39, 0.29) is 18.8 Å². The number of nitrogens with one attached hydrogen (secondary N) is 2. The topological polar surface area (TPSA) is 120 Å². The molecule has 182 valence electrons. The summed E-state index contributed by atoms with van der Waals surface area (Å²) in [4.78, 5) is 47.8. The summed E-state index contributed by atoms with van der Waals surface area (Å²) >= 11 is 0. The molecule has 0 bridgehead atoms. The monoisotopic (exact) mass is 470 g/mol. The smallest absolute Gasteiger partial charge is 0.338 e. The zero-order valence-corrected chi connectivity index (χ0v) is 19.6. The van der Waals surface area contributed by atoms with E-state index >= 15 is 0 Å². The Morgan fingerprint density at radius 2 is 1.38 bits per heavy atom. The molecule has 2 rings (SSSR count).